The minimum Gasteiger partial charge on any atom is -0.493 e. The van der Waals surface area contributed by atoms with E-state index in [4.69, 9.17) is 14.7 Å². The average Bonchev–Trinajstić information content (AvgIpc) is 2.47. The molecule has 2 rings (SSSR count). The predicted octanol–water partition coefficient (Wildman–Crippen LogP) is 4.45. The summed E-state index contributed by atoms with van der Waals surface area (Å²) in [7, 11) is 1.58. The van der Waals surface area contributed by atoms with Crippen LogP contribution in [0.5, 0.6) is 11.5 Å². The van der Waals surface area contributed by atoms with Crippen LogP contribution in [-0.4, -0.2) is 18.5 Å². The highest BCUT2D eigenvalue weighted by atomic mass is 127. The van der Waals surface area contributed by atoms with E-state index in [0.29, 0.717) is 18.1 Å². The van der Waals surface area contributed by atoms with E-state index in [1.165, 1.54) is 6.21 Å². The Morgan fingerprint density at radius 2 is 2.00 bits per heavy atom. The smallest absolute Gasteiger partial charge is 0.174 e. The van der Waals surface area contributed by atoms with E-state index in [1.54, 1.807) is 13.2 Å². The van der Waals surface area contributed by atoms with E-state index < -0.39 is 0 Å². The topological polar surface area (TPSA) is 51.0 Å². The Labute approximate surface area is 145 Å². The van der Waals surface area contributed by atoms with Crippen LogP contribution in [0.4, 0.5) is 0 Å². The lowest BCUT2D eigenvalue weighted by atomic mass is 10.2. The Bertz CT molecular complexity index is 644. The van der Waals surface area contributed by atoms with E-state index in [-0.39, 0.29) is 0 Å². The van der Waals surface area contributed by atoms with Gasteiger partial charge in [0.1, 0.15) is 6.61 Å². The highest BCUT2D eigenvalue weighted by Gasteiger charge is 2.11. The highest BCUT2D eigenvalue weighted by Crippen LogP contribution is 2.34. The van der Waals surface area contributed by atoms with E-state index in [9.17, 15) is 0 Å². The number of hydrogen-bond acceptors (Lipinski definition) is 4. The molecular formula is C15H13BrINO3. The third-order valence-corrected chi connectivity index (χ3v) is 4.08. The number of oxime groups is 1. The molecule has 0 bridgehead atoms. The quantitative estimate of drug-likeness (QED) is 0.310. The fourth-order valence-corrected chi connectivity index (χ4v) is 2.80. The summed E-state index contributed by atoms with van der Waals surface area (Å²) < 4.78 is 13.1. The first kappa shape index (κ1) is 16.1. The summed E-state index contributed by atoms with van der Waals surface area (Å²) in [6, 6.07) is 11.6. The van der Waals surface area contributed by atoms with Crippen LogP contribution in [0.1, 0.15) is 11.1 Å². The molecule has 2 aromatic carbocycles. The zero-order valence-electron chi connectivity index (χ0n) is 11.2. The zero-order valence-corrected chi connectivity index (χ0v) is 15.0. The molecule has 0 spiro atoms. The van der Waals surface area contributed by atoms with Gasteiger partial charge in [-0.2, -0.15) is 0 Å². The molecule has 0 heterocycles. The van der Waals surface area contributed by atoms with Gasteiger partial charge in [-0.25, -0.2) is 0 Å². The van der Waals surface area contributed by atoms with Crippen LogP contribution < -0.4 is 9.47 Å². The first-order valence-corrected chi connectivity index (χ1v) is 7.93. The second kappa shape index (κ2) is 7.65. The molecule has 0 unspecified atom stereocenters. The molecule has 0 saturated heterocycles. The molecule has 0 aromatic heterocycles. The van der Waals surface area contributed by atoms with E-state index in [2.05, 4.69) is 43.7 Å². The molecule has 21 heavy (non-hydrogen) atoms. The van der Waals surface area contributed by atoms with Gasteiger partial charge in [0, 0.05) is 10.0 Å². The fraction of sp³-hybridized carbons (Fsp3) is 0.133. The van der Waals surface area contributed by atoms with Gasteiger partial charge in [0.15, 0.2) is 11.5 Å². The Kier molecular flexibility index (Phi) is 5.86. The Hall–Kier alpha value is -1.28. The number of rotatable bonds is 5. The van der Waals surface area contributed by atoms with Crippen LogP contribution in [0, 0.1) is 3.57 Å². The zero-order chi connectivity index (χ0) is 15.2. The van der Waals surface area contributed by atoms with Gasteiger partial charge in [-0.15, -0.1) is 0 Å². The summed E-state index contributed by atoms with van der Waals surface area (Å²) in [5.41, 5.74) is 1.81. The molecule has 0 radical (unpaired) electrons. The highest BCUT2D eigenvalue weighted by molar-refractivity contribution is 14.1. The molecule has 0 atom stereocenters. The van der Waals surface area contributed by atoms with Crippen molar-refractivity contribution < 1.29 is 14.7 Å². The van der Waals surface area contributed by atoms with Gasteiger partial charge >= 0.3 is 0 Å². The van der Waals surface area contributed by atoms with Crippen molar-refractivity contribution in [1.82, 2.24) is 0 Å². The van der Waals surface area contributed by atoms with Gasteiger partial charge in [-0.1, -0.05) is 33.2 Å². The van der Waals surface area contributed by atoms with Gasteiger partial charge in [0.2, 0.25) is 0 Å². The van der Waals surface area contributed by atoms with Gasteiger partial charge in [0.25, 0.3) is 0 Å². The molecule has 6 heteroatoms. The normalized spacial score (nSPS) is 10.8. The molecule has 0 fully saturated rings. The van der Waals surface area contributed by atoms with Crippen molar-refractivity contribution in [3.63, 3.8) is 0 Å². The molecule has 0 aliphatic rings. The number of hydrogen-bond donors (Lipinski definition) is 1. The van der Waals surface area contributed by atoms with E-state index in [1.807, 2.05) is 30.3 Å². The maximum Gasteiger partial charge on any atom is 0.174 e. The van der Waals surface area contributed by atoms with E-state index in [0.717, 1.165) is 19.2 Å². The Morgan fingerprint density at radius 3 is 2.62 bits per heavy atom. The summed E-state index contributed by atoms with van der Waals surface area (Å²) in [5, 5.41) is 11.6. The molecule has 4 nitrogen and oxygen atoms in total. The number of nitrogens with zero attached hydrogens (tertiary/aromatic N) is 1. The van der Waals surface area contributed by atoms with Crippen LogP contribution in [-0.2, 0) is 6.61 Å². The van der Waals surface area contributed by atoms with Crippen molar-refractivity contribution in [2.75, 3.05) is 7.11 Å². The lowest BCUT2D eigenvalue weighted by molar-refractivity contribution is 0.282. The predicted molar refractivity (Wildman–Crippen MR) is 93.6 cm³/mol. The molecule has 2 aromatic rings. The number of ether oxygens (including phenoxy) is 2. The van der Waals surface area contributed by atoms with Crippen molar-refractivity contribution in [2.24, 2.45) is 5.16 Å². The van der Waals surface area contributed by atoms with Gasteiger partial charge in [-0.05, 0) is 52.4 Å². The standard InChI is InChI=1S/C15H13BrINO3/c1-20-14-7-11(8-18-19)6-13(17)15(14)21-9-10-2-4-12(16)5-3-10/h2-8,19H,9H2,1H3/b18-8+. The first-order chi connectivity index (χ1) is 10.1. The minimum absolute atomic E-state index is 0.451. The van der Waals surface area contributed by atoms with Crippen molar-refractivity contribution in [1.29, 1.82) is 0 Å². The average molecular weight is 462 g/mol. The summed E-state index contributed by atoms with van der Waals surface area (Å²) in [5.74, 6) is 1.28. The van der Waals surface area contributed by atoms with Crippen LogP contribution in [0.2, 0.25) is 0 Å². The molecule has 0 amide bonds. The van der Waals surface area contributed by atoms with Crippen molar-refractivity contribution in [3.05, 3.63) is 55.6 Å². The van der Waals surface area contributed by atoms with Crippen LogP contribution >= 0.6 is 38.5 Å². The monoisotopic (exact) mass is 461 g/mol. The van der Waals surface area contributed by atoms with Crippen molar-refractivity contribution in [2.45, 2.75) is 6.61 Å². The number of halogens is 2. The maximum absolute atomic E-state index is 8.61. The minimum atomic E-state index is 0.451. The fourth-order valence-electron chi connectivity index (χ4n) is 1.76. The van der Waals surface area contributed by atoms with Gasteiger partial charge < -0.3 is 14.7 Å². The second-order valence-electron chi connectivity index (χ2n) is 4.19. The van der Waals surface area contributed by atoms with Gasteiger partial charge in [-0.3, -0.25) is 0 Å². The summed E-state index contributed by atoms with van der Waals surface area (Å²) in [6.45, 7) is 0.451. The molecule has 0 saturated carbocycles. The summed E-state index contributed by atoms with van der Waals surface area (Å²) in [4.78, 5) is 0. The number of benzene rings is 2. The van der Waals surface area contributed by atoms with Crippen LogP contribution in [0.15, 0.2) is 46.0 Å². The molecule has 1 N–H and O–H groups in total. The van der Waals surface area contributed by atoms with Crippen molar-refractivity contribution >= 4 is 44.7 Å². The second-order valence-corrected chi connectivity index (χ2v) is 6.27. The third kappa shape index (κ3) is 4.34. The largest absolute Gasteiger partial charge is 0.493 e. The summed E-state index contributed by atoms with van der Waals surface area (Å²) in [6.07, 6.45) is 1.35. The van der Waals surface area contributed by atoms with Crippen LogP contribution in [0.25, 0.3) is 0 Å². The third-order valence-electron chi connectivity index (χ3n) is 2.76. The van der Waals surface area contributed by atoms with Crippen molar-refractivity contribution in [3.8, 4) is 11.5 Å². The molecule has 110 valence electrons. The SMILES string of the molecule is COc1cc(/C=N/O)cc(I)c1OCc1ccc(Br)cc1. The van der Waals surface area contributed by atoms with Crippen LogP contribution in [0.3, 0.4) is 0 Å². The lowest BCUT2D eigenvalue weighted by Crippen LogP contribution is -2.00. The first-order valence-electron chi connectivity index (χ1n) is 6.06. The Balaban J connectivity index is 2.20. The van der Waals surface area contributed by atoms with E-state index >= 15 is 0 Å². The van der Waals surface area contributed by atoms with Gasteiger partial charge in [0.05, 0.1) is 16.9 Å². The Morgan fingerprint density at radius 1 is 1.29 bits per heavy atom. The number of methoxy groups -OCH3 is 1. The molecule has 0 aliphatic carbocycles. The maximum atomic E-state index is 8.61. The molecular weight excluding hydrogens is 449 g/mol. The summed E-state index contributed by atoms with van der Waals surface area (Å²) >= 11 is 5.57. The molecule has 0 aliphatic heterocycles. The lowest BCUT2D eigenvalue weighted by Gasteiger charge is -2.13.